The molecule has 2 aromatic rings. The molecule has 130 valence electrons. The van der Waals surface area contributed by atoms with Crippen molar-refractivity contribution in [3.63, 3.8) is 0 Å². The minimum absolute atomic E-state index is 0.0474. The van der Waals surface area contributed by atoms with Crippen molar-refractivity contribution >= 4 is 11.8 Å². The van der Waals surface area contributed by atoms with Gasteiger partial charge in [0.25, 0.3) is 5.91 Å². The van der Waals surface area contributed by atoms with Crippen LogP contribution in [0.15, 0.2) is 66.7 Å². The highest BCUT2D eigenvalue weighted by Gasteiger charge is 2.14. The molecule has 1 aromatic heterocycles. The van der Waals surface area contributed by atoms with E-state index in [0.29, 0.717) is 12.2 Å². The molecule has 0 atom stereocenters. The van der Waals surface area contributed by atoms with Crippen LogP contribution in [0.1, 0.15) is 19.4 Å². The van der Waals surface area contributed by atoms with Gasteiger partial charge in [-0.05, 0) is 25.1 Å². The highest BCUT2D eigenvalue weighted by Crippen LogP contribution is 2.14. The zero-order chi connectivity index (χ0) is 18.4. The molecule has 0 fully saturated rings. The molecule has 2 rings (SSSR count). The SMILES string of the molecule is C=C(/C=C(\C)N(Cc1cnn(-c2ccccc2)c1)C(C)=O)C(=O)NO. The van der Waals surface area contributed by atoms with E-state index < -0.39 is 5.91 Å². The molecule has 0 bridgehead atoms. The lowest BCUT2D eigenvalue weighted by atomic mass is 10.2. The van der Waals surface area contributed by atoms with Gasteiger partial charge in [0, 0.05) is 30.0 Å². The Morgan fingerprint density at radius 1 is 1.32 bits per heavy atom. The van der Waals surface area contributed by atoms with Crippen LogP contribution in [0.5, 0.6) is 0 Å². The molecular formula is C18H20N4O3. The van der Waals surface area contributed by atoms with Crippen molar-refractivity contribution in [1.29, 1.82) is 0 Å². The molecule has 2 N–H and O–H groups in total. The van der Waals surface area contributed by atoms with Gasteiger partial charge in [0.15, 0.2) is 0 Å². The Kier molecular flexibility index (Phi) is 5.86. The van der Waals surface area contributed by atoms with Gasteiger partial charge in [0.1, 0.15) is 0 Å². The van der Waals surface area contributed by atoms with E-state index in [-0.39, 0.29) is 11.5 Å². The standard InChI is InChI=1S/C18H20N4O3/c1-13(18(24)20-25)9-14(2)21(15(3)23)11-16-10-19-22(12-16)17-7-5-4-6-8-17/h4-10,12,25H,1,11H2,2-3H3,(H,20,24)/b14-9+. The van der Waals surface area contributed by atoms with Crippen molar-refractivity contribution in [2.75, 3.05) is 0 Å². The quantitative estimate of drug-likeness (QED) is 0.365. The molecule has 0 radical (unpaired) electrons. The summed E-state index contributed by atoms with van der Waals surface area (Å²) in [5.41, 5.74) is 3.85. The normalized spacial score (nSPS) is 11.1. The van der Waals surface area contributed by atoms with Crippen molar-refractivity contribution < 1.29 is 14.8 Å². The summed E-state index contributed by atoms with van der Waals surface area (Å²) in [6.45, 7) is 6.99. The van der Waals surface area contributed by atoms with Gasteiger partial charge in [0.2, 0.25) is 5.91 Å². The lowest BCUT2D eigenvalue weighted by molar-refractivity contribution is -0.127. The van der Waals surface area contributed by atoms with Gasteiger partial charge in [-0.3, -0.25) is 14.8 Å². The molecule has 7 heteroatoms. The second-order valence-electron chi connectivity index (χ2n) is 5.49. The van der Waals surface area contributed by atoms with E-state index in [0.717, 1.165) is 11.3 Å². The largest absolute Gasteiger partial charge is 0.312 e. The molecule has 1 aromatic carbocycles. The summed E-state index contributed by atoms with van der Waals surface area (Å²) in [6.07, 6.45) is 4.97. The Hall–Kier alpha value is -3.19. The molecular weight excluding hydrogens is 320 g/mol. The number of hydrogen-bond donors (Lipinski definition) is 2. The lowest BCUT2D eigenvalue weighted by Crippen LogP contribution is -2.27. The molecule has 0 spiro atoms. The number of para-hydroxylation sites is 1. The van der Waals surface area contributed by atoms with Crippen molar-refractivity contribution in [2.45, 2.75) is 20.4 Å². The number of hydroxylamine groups is 1. The van der Waals surface area contributed by atoms with Gasteiger partial charge in [-0.15, -0.1) is 0 Å². The zero-order valence-corrected chi connectivity index (χ0v) is 14.1. The molecule has 2 amide bonds. The van der Waals surface area contributed by atoms with Gasteiger partial charge < -0.3 is 4.90 Å². The Morgan fingerprint density at radius 2 is 2.00 bits per heavy atom. The van der Waals surface area contributed by atoms with Gasteiger partial charge >= 0.3 is 0 Å². The number of carbonyl (C=O) groups excluding carboxylic acids is 2. The van der Waals surface area contributed by atoms with Crippen molar-refractivity contribution in [3.05, 3.63) is 72.2 Å². The molecule has 25 heavy (non-hydrogen) atoms. The molecule has 0 aliphatic heterocycles. The molecule has 0 aliphatic carbocycles. The number of nitrogens with zero attached hydrogens (tertiary/aromatic N) is 3. The monoisotopic (exact) mass is 340 g/mol. The average molecular weight is 340 g/mol. The number of aromatic nitrogens is 2. The average Bonchev–Trinajstić information content (AvgIpc) is 3.08. The zero-order valence-electron chi connectivity index (χ0n) is 14.1. The number of benzene rings is 1. The maximum absolute atomic E-state index is 12.0. The van der Waals surface area contributed by atoms with Crippen LogP contribution < -0.4 is 5.48 Å². The molecule has 0 saturated heterocycles. The molecule has 7 nitrogen and oxygen atoms in total. The van der Waals surface area contributed by atoms with Crippen molar-refractivity contribution in [1.82, 2.24) is 20.2 Å². The summed E-state index contributed by atoms with van der Waals surface area (Å²) in [5.74, 6) is -0.904. The maximum Gasteiger partial charge on any atom is 0.274 e. The topological polar surface area (TPSA) is 87.5 Å². The van der Waals surface area contributed by atoms with Gasteiger partial charge in [0.05, 0.1) is 18.4 Å². The highest BCUT2D eigenvalue weighted by molar-refractivity contribution is 5.94. The Morgan fingerprint density at radius 3 is 2.60 bits per heavy atom. The van der Waals surface area contributed by atoms with E-state index in [2.05, 4.69) is 11.7 Å². The van der Waals surface area contributed by atoms with Crippen LogP contribution in [0, 0.1) is 0 Å². The van der Waals surface area contributed by atoms with Crippen molar-refractivity contribution in [3.8, 4) is 5.69 Å². The Bertz CT molecular complexity index is 809. The van der Waals surface area contributed by atoms with Gasteiger partial charge in [-0.1, -0.05) is 24.8 Å². The van der Waals surface area contributed by atoms with Crippen molar-refractivity contribution in [2.24, 2.45) is 0 Å². The van der Waals surface area contributed by atoms with Crippen LogP contribution in [-0.2, 0) is 16.1 Å². The predicted molar refractivity (Wildman–Crippen MR) is 92.6 cm³/mol. The summed E-state index contributed by atoms with van der Waals surface area (Å²) < 4.78 is 1.73. The summed E-state index contributed by atoms with van der Waals surface area (Å²) >= 11 is 0. The number of nitrogens with one attached hydrogen (secondary N) is 1. The smallest absolute Gasteiger partial charge is 0.274 e. The first-order valence-corrected chi connectivity index (χ1v) is 7.61. The molecule has 0 saturated carbocycles. The Balaban J connectivity index is 2.19. The summed E-state index contributed by atoms with van der Waals surface area (Å²) in [5, 5.41) is 12.9. The van der Waals surface area contributed by atoms with Crippen LogP contribution in [0.25, 0.3) is 5.69 Å². The van der Waals surface area contributed by atoms with E-state index in [9.17, 15) is 9.59 Å². The summed E-state index contributed by atoms with van der Waals surface area (Å²) in [4.78, 5) is 24.8. The lowest BCUT2D eigenvalue weighted by Gasteiger charge is -2.21. The minimum atomic E-state index is -0.722. The van der Waals surface area contributed by atoms with E-state index in [4.69, 9.17) is 5.21 Å². The fraction of sp³-hybridized carbons (Fsp3) is 0.167. The third-order valence-electron chi connectivity index (χ3n) is 3.58. The third-order valence-corrected chi connectivity index (χ3v) is 3.58. The first kappa shape index (κ1) is 18.2. The minimum Gasteiger partial charge on any atom is -0.312 e. The number of rotatable bonds is 6. The van der Waals surface area contributed by atoms with E-state index in [1.54, 1.807) is 17.8 Å². The van der Waals surface area contributed by atoms with Gasteiger partial charge in [-0.2, -0.15) is 5.10 Å². The van der Waals surface area contributed by atoms with Crippen LogP contribution in [-0.4, -0.2) is 31.7 Å². The number of carbonyl (C=O) groups is 2. The molecule has 0 aliphatic rings. The van der Waals surface area contributed by atoms with Crippen LogP contribution in [0.4, 0.5) is 0 Å². The van der Waals surface area contributed by atoms with Crippen LogP contribution >= 0.6 is 0 Å². The maximum atomic E-state index is 12.0. The third kappa shape index (κ3) is 4.65. The van der Waals surface area contributed by atoms with Crippen LogP contribution in [0.2, 0.25) is 0 Å². The van der Waals surface area contributed by atoms with Gasteiger partial charge in [-0.25, -0.2) is 10.2 Å². The molecule has 1 heterocycles. The van der Waals surface area contributed by atoms with E-state index in [1.807, 2.05) is 36.5 Å². The molecule has 0 unspecified atom stereocenters. The predicted octanol–water partition coefficient (Wildman–Crippen LogP) is 2.19. The van der Waals surface area contributed by atoms with Crippen LogP contribution in [0.3, 0.4) is 0 Å². The first-order valence-electron chi connectivity index (χ1n) is 7.61. The fourth-order valence-corrected chi connectivity index (χ4v) is 2.30. The fourth-order valence-electron chi connectivity index (χ4n) is 2.30. The second-order valence-corrected chi connectivity index (χ2v) is 5.49. The van der Waals surface area contributed by atoms with E-state index >= 15 is 0 Å². The first-order chi connectivity index (χ1) is 11.9. The van der Waals surface area contributed by atoms with E-state index in [1.165, 1.54) is 23.4 Å². The summed E-state index contributed by atoms with van der Waals surface area (Å²) in [7, 11) is 0. The number of allylic oxidation sites excluding steroid dienone is 1. The number of amides is 2. The summed E-state index contributed by atoms with van der Waals surface area (Å²) in [6, 6.07) is 9.63. The second kappa shape index (κ2) is 8.07. The number of hydrogen-bond acceptors (Lipinski definition) is 4. The highest BCUT2D eigenvalue weighted by atomic mass is 16.5. The Labute approximate surface area is 145 Å².